The Labute approximate surface area is 169 Å². The number of hydrogen-bond donors (Lipinski definition) is 2. The summed E-state index contributed by atoms with van der Waals surface area (Å²) in [7, 11) is 1.40. The van der Waals surface area contributed by atoms with E-state index in [1.165, 1.54) is 62.6 Å². The summed E-state index contributed by atoms with van der Waals surface area (Å²) >= 11 is 5.82. The van der Waals surface area contributed by atoms with Crippen molar-refractivity contribution in [1.82, 2.24) is 5.32 Å². The van der Waals surface area contributed by atoms with Gasteiger partial charge in [-0.2, -0.15) is 13.2 Å². The van der Waals surface area contributed by atoms with Gasteiger partial charge in [0.1, 0.15) is 5.75 Å². The number of ether oxygens (including phenoxy) is 2. The number of carbonyl (C=O) groups is 2. The Morgan fingerprint density at radius 2 is 1.76 bits per heavy atom. The molecule has 2 N–H and O–H groups in total. The second-order valence-electron chi connectivity index (χ2n) is 5.79. The van der Waals surface area contributed by atoms with Crippen molar-refractivity contribution < 1.29 is 32.2 Å². The van der Waals surface area contributed by atoms with Crippen molar-refractivity contribution in [3.05, 3.63) is 59.1 Å². The van der Waals surface area contributed by atoms with Gasteiger partial charge in [-0.3, -0.25) is 4.79 Å². The molecule has 156 valence electrons. The highest BCUT2D eigenvalue weighted by Crippen LogP contribution is 2.34. The summed E-state index contributed by atoms with van der Waals surface area (Å²) in [6.07, 6.45) is -5.25. The molecule has 0 fully saturated rings. The van der Waals surface area contributed by atoms with Gasteiger partial charge in [-0.25, -0.2) is 4.79 Å². The van der Waals surface area contributed by atoms with Gasteiger partial charge in [-0.1, -0.05) is 17.7 Å². The number of amides is 1. The number of methoxy groups -OCH3 is 1. The molecule has 2 aromatic carbocycles. The number of anilines is 1. The van der Waals surface area contributed by atoms with E-state index in [1.807, 2.05) is 5.32 Å². The van der Waals surface area contributed by atoms with Gasteiger partial charge in [0, 0.05) is 16.3 Å². The van der Waals surface area contributed by atoms with Crippen molar-refractivity contribution in [3.63, 3.8) is 0 Å². The summed E-state index contributed by atoms with van der Waals surface area (Å²) in [6, 6.07) is 10.6. The van der Waals surface area contributed by atoms with E-state index in [2.05, 4.69) is 4.74 Å². The molecule has 1 atom stereocenters. The Kier molecular flexibility index (Phi) is 6.97. The maximum absolute atomic E-state index is 14.1. The summed E-state index contributed by atoms with van der Waals surface area (Å²) in [5.74, 6) is -2.45. The van der Waals surface area contributed by atoms with Gasteiger partial charge in [0.25, 0.3) is 5.91 Å². The summed E-state index contributed by atoms with van der Waals surface area (Å²) < 4.78 is 51.9. The number of carbonyl (C=O) groups excluding carboxylic acids is 2. The van der Waals surface area contributed by atoms with E-state index in [9.17, 15) is 22.8 Å². The van der Waals surface area contributed by atoms with E-state index < -0.39 is 23.7 Å². The second-order valence-corrected chi connectivity index (χ2v) is 6.22. The van der Waals surface area contributed by atoms with Crippen LogP contribution < -0.4 is 15.4 Å². The molecule has 0 spiro atoms. The molecule has 0 aromatic heterocycles. The van der Waals surface area contributed by atoms with Crippen LogP contribution in [0, 0.1) is 0 Å². The lowest BCUT2D eigenvalue weighted by atomic mass is 10.1. The third-order valence-corrected chi connectivity index (χ3v) is 4.05. The van der Waals surface area contributed by atoms with E-state index in [1.54, 1.807) is 5.32 Å². The zero-order valence-electron chi connectivity index (χ0n) is 15.5. The first-order valence-corrected chi connectivity index (χ1v) is 8.75. The second kappa shape index (κ2) is 9.04. The molecular weight excluding hydrogens is 413 g/mol. The van der Waals surface area contributed by atoms with Crippen LogP contribution in [0.5, 0.6) is 5.75 Å². The van der Waals surface area contributed by atoms with Gasteiger partial charge in [-0.05, 0) is 49.4 Å². The molecule has 1 amide bonds. The fourth-order valence-corrected chi connectivity index (χ4v) is 2.59. The van der Waals surface area contributed by atoms with Crippen LogP contribution in [0.1, 0.15) is 17.3 Å². The van der Waals surface area contributed by atoms with Crippen molar-refractivity contribution >= 4 is 29.2 Å². The monoisotopic (exact) mass is 430 g/mol. The SMILES string of the molecule is CCOC(=O)[C@@](NC(=O)c1ccc(OC)cc1)(Nc1cccc(Cl)c1)C(F)(F)F. The quantitative estimate of drug-likeness (QED) is 0.512. The molecule has 0 saturated heterocycles. The minimum atomic E-state index is -5.25. The number of nitrogens with one attached hydrogen (secondary N) is 2. The molecule has 0 unspecified atom stereocenters. The fourth-order valence-electron chi connectivity index (χ4n) is 2.40. The molecule has 29 heavy (non-hydrogen) atoms. The summed E-state index contributed by atoms with van der Waals surface area (Å²) in [4.78, 5) is 24.9. The third kappa shape index (κ3) is 5.11. The molecule has 0 saturated carbocycles. The number of rotatable bonds is 7. The average molecular weight is 431 g/mol. The lowest BCUT2D eigenvalue weighted by molar-refractivity contribution is -0.204. The van der Waals surface area contributed by atoms with E-state index >= 15 is 0 Å². The average Bonchev–Trinajstić information content (AvgIpc) is 2.66. The summed E-state index contributed by atoms with van der Waals surface area (Å²) in [5.41, 5.74) is -3.79. The Balaban J connectivity index is 2.48. The molecule has 0 bridgehead atoms. The highest BCUT2D eigenvalue weighted by atomic mass is 35.5. The first kappa shape index (κ1) is 22.4. The van der Waals surface area contributed by atoms with Crippen LogP contribution in [0.2, 0.25) is 5.02 Å². The highest BCUT2D eigenvalue weighted by molar-refractivity contribution is 6.30. The standard InChI is InChI=1S/C19H18ClF3N2O4/c1-3-29-17(27)18(19(21,22)23,24-14-6-4-5-13(20)11-14)25-16(26)12-7-9-15(28-2)10-8-12/h4-11,24H,3H2,1-2H3,(H,25,26)/t18-/m0/s1. The van der Waals surface area contributed by atoms with Crippen LogP contribution in [0.3, 0.4) is 0 Å². The van der Waals surface area contributed by atoms with Crippen LogP contribution in [-0.2, 0) is 9.53 Å². The van der Waals surface area contributed by atoms with Gasteiger partial charge in [-0.15, -0.1) is 0 Å². The molecule has 2 rings (SSSR count). The van der Waals surface area contributed by atoms with E-state index in [4.69, 9.17) is 16.3 Å². The van der Waals surface area contributed by atoms with Gasteiger partial charge in [0.05, 0.1) is 13.7 Å². The number of benzene rings is 2. The summed E-state index contributed by atoms with van der Waals surface area (Å²) in [5, 5.41) is 3.92. The number of esters is 1. The molecule has 0 aliphatic heterocycles. The van der Waals surface area contributed by atoms with Crippen LogP contribution in [0.15, 0.2) is 48.5 Å². The van der Waals surface area contributed by atoms with Gasteiger partial charge in [0.15, 0.2) is 0 Å². The van der Waals surface area contributed by atoms with Gasteiger partial charge in [0.2, 0.25) is 0 Å². The maximum atomic E-state index is 14.1. The Morgan fingerprint density at radius 3 is 2.28 bits per heavy atom. The first-order valence-electron chi connectivity index (χ1n) is 8.37. The van der Waals surface area contributed by atoms with Gasteiger partial charge < -0.3 is 20.1 Å². The van der Waals surface area contributed by atoms with Crippen LogP contribution in [0.25, 0.3) is 0 Å². The fraction of sp³-hybridized carbons (Fsp3) is 0.263. The minimum absolute atomic E-state index is 0.114. The van der Waals surface area contributed by atoms with E-state index in [0.29, 0.717) is 5.75 Å². The molecule has 0 aliphatic carbocycles. The van der Waals surface area contributed by atoms with Gasteiger partial charge >= 0.3 is 17.8 Å². The van der Waals surface area contributed by atoms with Crippen LogP contribution >= 0.6 is 11.6 Å². The zero-order valence-corrected chi connectivity index (χ0v) is 16.2. The van der Waals surface area contributed by atoms with Crippen molar-refractivity contribution in [2.24, 2.45) is 0 Å². The molecule has 10 heteroatoms. The van der Waals surface area contributed by atoms with Crippen molar-refractivity contribution in [2.75, 3.05) is 19.0 Å². The van der Waals surface area contributed by atoms with Crippen LogP contribution in [-0.4, -0.2) is 37.4 Å². The van der Waals surface area contributed by atoms with E-state index in [-0.39, 0.29) is 22.9 Å². The molecule has 2 aromatic rings. The molecule has 6 nitrogen and oxygen atoms in total. The molecule has 0 heterocycles. The normalized spacial score (nSPS) is 13.2. The molecular formula is C19H18ClF3N2O4. The number of halogens is 4. The predicted molar refractivity (Wildman–Crippen MR) is 101 cm³/mol. The highest BCUT2D eigenvalue weighted by Gasteiger charge is 2.63. The Hall–Kier alpha value is -2.94. The minimum Gasteiger partial charge on any atom is -0.497 e. The van der Waals surface area contributed by atoms with Crippen LogP contribution in [0.4, 0.5) is 18.9 Å². The molecule has 0 aliphatic rings. The van der Waals surface area contributed by atoms with Crippen molar-refractivity contribution in [3.8, 4) is 5.75 Å². The lowest BCUT2D eigenvalue weighted by Crippen LogP contribution is -2.69. The lowest BCUT2D eigenvalue weighted by Gasteiger charge is -2.35. The Bertz CT molecular complexity index is 875. The van der Waals surface area contributed by atoms with Crippen molar-refractivity contribution in [1.29, 1.82) is 0 Å². The largest absolute Gasteiger partial charge is 0.497 e. The first-order chi connectivity index (χ1) is 13.6. The third-order valence-electron chi connectivity index (χ3n) is 3.82. The Morgan fingerprint density at radius 1 is 1.10 bits per heavy atom. The zero-order chi connectivity index (χ0) is 21.7. The number of alkyl halides is 3. The topological polar surface area (TPSA) is 76.7 Å². The smallest absolute Gasteiger partial charge is 0.441 e. The van der Waals surface area contributed by atoms with E-state index in [0.717, 1.165) is 0 Å². The summed E-state index contributed by atoms with van der Waals surface area (Å²) in [6.45, 7) is 1.02. The molecule has 0 radical (unpaired) electrons. The predicted octanol–water partition coefficient (Wildman–Crippen LogP) is 4.01. The number of hydrogen-bond acceptors (Lipinski definition) is 5. The van der Waals surface area contributed by atoms with Crippen molar-refractivity contribution in [2.45, 2.75) is 18.8 Å². The maximum Gasteiger partial charge on any atom is 0.441 e.